The van der Waals surface area contributed by atoms with Gasteiger partial charge in [-0.25, -0.2) is 0 Å². The summed E-state index contributed by atoms with van der Waals surface area (Å²) in [7, 11) is 9.40. The van der Waals surface area contributed by atoms with Gasteiger partial charge in [-0.05, 0) is 0 Å². The summed E-state index contributed by atoms with van der Waals surface area (Å²) in [5, 5.41) is 0. The Kier molecular flexibility index (Phi) is 58.4. The van der Waals surface area contributed by atoms with Crippen molar-refractivity contribution < 1.29 is 12.7 Å². The Morgan fingerprint density at radius 2 is 1.29 bits per heavy atom. The third-order valence-electron chi connectivity index (χ3n) is 0. The molecule has 1 unspecified atom stereocenters. The molecule has 0 radical (unpaired) electrons. The second-order valence-electron chi connectivity index (χ2n) is 0.752. The molecule has 0 saturated heterocycles. The Bertz CT molecular complexity index is 14.9. The van der Waals surface area contributed by atoms with Crippen molar-refractivity contribution in [3.8, 4) is 0 Å². The van der Waals surface area contributed by atoms with Crippen molar-refractivity contribution in [2.24, 2.45) is 0 Å². The third kappa shape index (κ3) is 101. The van der Waals surface area contributed by atoms with Gasteiger partial charge >= 0.3 is 33.0 Å². The molecule has 0 aliphatic heterocycles. The van der Waals surface area contributed by atoms with E-state index < -0.39 is 0 Å². The molecule has 0 nitrogen and oxygen atoms in total. The molecule has 4 heteroatoms. The first-order valence-corrected chi connectivity index (χ1v) is 4.37. The molecule has 1 atom stereocenters. The van der Waals surface area contributed by atoms with Gasteiger partial charge in [0.15, 0.2) is 0 Å². The predicted octanol–water partition coefficient (Wildman–Crippen LogP) is 2.85. The number of hydrogen-bond donors (Lipinski definition) is 0. The molecule has 0 fully saturated rings. The molecule has 0 aliphatic carbocycles. The summed E-state index contributed by atoms with van der Waals surface area (Å²) in [6.45, 7) is 4.25. The van der Waals surface area contributed by atoms with E-state index in [1.54, 1.807) is 0 Å². The monoisotopic (exact) mass is 206 g/mol. The Labute approximate surface area is 63.3 Å². The predicted molar refractivity (Wildman–Crippen MR) is 38.8 cm³/mol. The van der Waals surface area contributed by atoms with Gasteiger partial charge in [0.2, 0.25) is 0 Å². The molecule has 7 heavy (non-hydrogen) atoms. The third-order valence-corrected chi connectivity index (χ3v) is 0. The molecule has 0 saturated carbocycles. The van der Waals surface area contributed by atoms with Gasteiger partial charge < -0.3 is 0 Å². The minimum absolute atomic E-state index is 0. The van der Waals surface area contributed by atoms with E-state index in [1.807, 2.05) is 0 Å². The molecule has 0 amide bonds. The molecule has 0 aromatic carbocycles. The summed E-state index contributed by atoms with van der Waals surface area (Å²) in [4.78, 5) is 0. The van der Waals surface area contributed by atoms with Crippen LogP contribution in [0, 0.1) is 0 Å². The molecule has 0 aromatic heterocycles. The normalized spacial score (nSPS) is 5.71. The van der Waals surface area contributed by atoms with Crippen LogP contribution in [0.4, 0.5) is 0 Å². The first-order valence-electron chi connectivity index (χ1n) is 1.65. The van der Waals surface area contributed by atoms with E-state index in [4.69, 9.17) is 20.4 Å². The van der Waals surface area contributed by atoms with Gasteiger partial charge in [0, 0.05) is 0 Å². The van der Waals surface area contributed by atoms with Gasteiger partial charge in [-0.3, -0.25) is 0 Å². The van der Waals surface area contributed by atoms with Crippen LogP contribution in [0.5, 0.6) is 0 Å². The van der Waals surface area contributed by atoms with Crippen LogP contribution in [0.3, 0.4) is 0 Å². The molecule has 0 heterocycles. The van der Waals surface area contributed by atoms with Crippen molar-refractivity contribution in [3.05, 3.63) is 0 Å². The standard InChI is InChI=1S/C3H8.2ClH.Ni.H3P/c1-3-2;;;;/h3H2,1-2H3;2*1H;;1H3/q;;;+2;/p-2. The first kappa shape index (κ1) is 15.8. The second-order valence-corrected chi connectivity index (χ2v) is 2.38. The van der Waals surface area contributed by atoms with Gasteiger partial charge in [0.25, 0.3) is 0 Å². The van der Waals surface area contributed by atoms with Crippen LogP contribution < -0.4 is 0 Å². The Morgan fingerprint density at radius 1 is 1.29 bits per heavy atom. The van der Waals surface area contributed by atoms with E-state index >= 15 is 0 Å². The molecule has 0 bridgehead atoms. The summed E-state index contributed by atoms with van der Waals surface area (Å²) in [5.41, 5.74) is 0. The fraction of sp³-hybridized carbons (Fsp3) is 1.00. The van der Waals surface area contributed by atoms with Crippen LogP contribution in [0.25, 0.3) is 0 Å². The van der Waals surface area contributed by atoms with Gasteiger partial charge in [0.1, 0.15) is 0 Å². The van der Waals surface area contributed by atoms with E-state index in [2.05, 4.69) is 13.8 Å². The van der Waals surface area contributed by atoms with Crippen molar-refractivity contribution in [2.45, 2.75) is 20.3 Å². The van der Waals surface area contributed by atoms with Crippen LogP contribution in [-0.2, 0) is 12.7 Å². The van der Waals surface area contributed by atoms with Gasteiger partial charge in [-0.2, -0.15) is 9.90 Å². The average Bonchev–Trinajstić information content (AvgIpc) is 1.39. The van der Waals surface area contributed by atoms with Crippen LogP contribution in [0.15, 0.2) is 0 Å². The first-order chi connectivity index (χ1) is 2.83. The molecule has 0 N–H and O–H groups in total. The quantitative estimate of drug-likeness (QED) is 0.423. The summed E-state index contributed by atoms with van der Waals surface area (Å²) in [5.74, 6) is 0. The SMILES string of the molecule is CCC.P.[Cl][Ni][Cl]. The second kappa shape index (κ2) is 25.9. The molecular weight excluding hydrogens is 197 g/mol. The van der Waals surface area contributed by atoms with Crippen LogP contribution in [-0.4, -0.2) is 0 Å². The average molecular weight is 208 g/mol. The molecular formula is C3H11Cl2NiP. The van der Waals surface area contributed by atoms with Crippen molar-refractivity contribution in [1.82, 2.24) is 0 Å². The zero-order valence-electron chi connectivity index (χ0n) is 4.49. The maximum absolute atomic E-state index is 4.70. The maximum atomic E-state index is 4.70. The summed E-state index contributed by atoms with van der Waals surface area (Å²) in [6, 6.07) is 0. The summed E-state index contributed by atoms with van der Waals surface area (Å²) >= 11 is 0.569. The van der Waals surface area contributed by atoms with Crippen molar-refractivity contribution >= 4 is 30.3 Å². The van der Waals surface area contributed by atoms with Crippen molar-refractivity contribution in [1.29, 1.82) is 0 Å². The molecule has 0 rings (SSSR count). The van der Waals surface area contributed by atoms with Crippen LogP contribution in [0.1, 0.15) is 20.3 Å². The van der Waals surface area contributed by atoms with E-state index in [-0.39, 0.29) is 9.90 Å². The van der Waals surface area contributed by atoms with E-state index in [0.717, 1.165) is 0 Å². The topological polar surface area (TPSA) is 0 Å². The molecule has 0 aromatic rings. The Morgan fingerprint density at radius 3 is 1.29 bits per heavy atom. The van der Waals surface area contributed by atoms with Gasteiger partial charge in [-0.1, -0.05) is 20.3 Å². The van der Waals surface area contributed by atoms with Crippen molar-refractivity contribution in [2.75, 3.05) is 0 Å². The number of hydrogen-bond acceptors (Lipinski definition) is 0. The summed E-state index contributed by atoms with van der Waals surface area (Å²) < 4.78 is 0. The van der Waals surface area contributed by atoms with E-state index in [0.29, 0.717) is 12.7 Å². The van der Waals surface area contributed by atoms with Crippen LogP contribution >= 0.6 is 30.3 Å². The molecule has 52 valence electrons. The fourth-order valence-electron chi connectivity index (χ4n) is 0. The molecule has 0 spiro atoms. The van der Waals surface area contributed by atoms with Crippen molar-refractivity contribution in [3.63, 3.8) is 0 Å². The Balaban J connectivity index is -0.0000000400. The zero-order chi connectivity index (χ0) is 5.41. The summed E-state index contributed by atoms with van der Waals surface area (Å²) in [6.07, 6.45) is 1.25. The minimum atomic E-state index is 0. The van der Waals surface area contributed by atoms with Gasteiger partial charge in [-0.15, -0.1) is 0 Å². The Hall–Kier alpha value is 1.50. The van der Waals surface area contributed by atoms with E-state index in [9.17, 15) is 0 Å². The number of halogens is 2. The number of rotatable bonds is 0. The van der Waals surface area contributed by atoms with Gasteiger partial charge in [0.05, 0.1) is 0 Å². The van der Waals surface area contributed by atoms with Crippen LogP contribution in [0.2, 0.25) is 0 Å². The zero-order valence-corrected chi connectivity index (χ0v) is 8.40. The molecule has 0 aliphatic rings. The van der Waals surface area contributed by atoms with E-state index in [1.165, 1.54) is 6.42 Å². The fourth-order valence-corrected chi connectivity index (χ4v) is 0.